The zero-order chi connectivity index (χ0) is 31.4. The number of fused-ring (bicyclic) bond motifs is 1. The highest BCUT2D eigenvalue weighted by atomic mass is 19.4. The third-order valence-corrected chi connectivity index (χ3v) is 8.86. The lowest BCUT2D eigenvalue weighted by Gasteiger charge is -2.45. The van der Waals surface area contributed by atoms with Gasteiger partial charge in [0.05, 0.1) is 17.4 Å². The van der Waals surface area contributed by atoms with E-state index in [9.17, 15) is 18.0 Å². The average Bonchev–Trinajstić information content (AvgIpc) is 3.60. The van der Waals surface area contributed by atoms with Crippen LogP contribution in [0, 0.1) is 5.92 Å². The summed E-state index contributed by atoms with van der Waals surface area (Å²) < 4.78 is 68.1. The van der Waals surface area contributed by atoms with Crippen LogP contribution in [0.5, 0.6) is 0 Å². The number of hydrogen-bond acceptors (Lipinski definition) is 9. The minimum Gasteiger partial charge on any atom is -0.444 e. The second-order valence-electron chi connectivity index (χ2n) is 13.4. The van der Waals surface area contributed by atoms with Gasteiger partial charge in [-0.25, -0.2) is 14.8 Å². The number of carbonyl (C=O) groups excluding carboxylic acids is 1. The van der Waals surface area contributed by atoms with Crippen LogP contribution >= 0.6 is 0 Å². The van der Waals surface area contributed by atoms with Crippen LogP contribution in [0.25, 0.3) is 11.0 Å². The maximum Gasteiger partial charge on any atom is 0.410 e. The molecule has 3 fully saturated rings. The van der Waals surface area contributed by atoms with Gasteiger partial charge in [-0.3, -0.25) is 4.90 Å². The molecule has 240 valence electrons. The van der Waals surface area contributed by atoms with E-state index in [-0.39, 0.29) is 13.0 Å². The number of ether oxygens (including phenoxy) is 4. The minimum atomic E-state index is -4.32. The number of nitrogen functional groups attached to an aromatic ring is 1. The number of piperidine rings is 1. The summed E-state index contributed by atoms with van der Waals surface area (Å²) >= 11 is 0. The number of alkyl halides is 3. The van der Waals surface area contributed by atoms with Crippen molar-refractivity contribution in [2.24, 2.45) is 5.92 Å². The highest BCUT2D eigenvalue weighted by molar-refractivity contribution is 5.86. The maximum absolute atomic E-state index is 14.1. The van der Waals surface area contributed by atoms with Crippen molar-refractivity contribution < 1.29 is 36.9 Å². The number of methoxy groups -OCH3 is 1. The molecule has 1 amide bonds. The van der Waals surface area contributed by atoms with E-state index in [0.29, 0.717) is 55.7 Å². The van der Waals surface area contributed by atoms with E-state index in [1.807, 2.05) is 21.7 Å². The number of amides is 1. The molecule has 11 nitrogen and oxygen atoms in total. The maximum atomic E-state index is 14.1. The number of likely N-dealkylation sites (tertiary alicyclic amines) is 2. The molecule has 0 radical (unpaired) electrons. The van der Waals surface area contributed by atoms with E-state index < -0.39 is 53.6 Å². The first kappa shape index (κ1) is 31.7. The van der Waals surface area contributed by atoms with E-state index in [2.05, 4.69) is 9.97 Å². The molecule has 1 spiro atoms. The zero-order valence-corrected chi connectivity index (χ0v) is 25.7. The van der Waals surface area contributed by atoms with Gasteiger partial charge in [0, 0.05) is 51.4 Å². The zero-order valence-electron chi connectivity index (χ0n) is 25.7. The van der Waals surface area contributed by atoms with Gasteiger partial charge in [-0.15, -0.1) is 0 Å². The smallest absolute Gasteiger partial charge is 0.410 e. The summed E-state index contributed by atoms with van der Waals surface area (Å²) in [6.45, 7) is 9.80. The first-order valence-electron chi connectivity index (χ1n) is 14.8. The molecule has 2 N–H and O–H groups in total. The second-order valence-corrected chi connectivity index (χ2v) is 13.4. The predicted molar refractivity (Wildman–Crippen MR) is 152 cm³/mol. The van der Waals surface area contributed by atoms with Crippen molar-refractivity contribution in [1.29, 1.82) is 0 Å². The molecule has 2 aromatic heterocycles. The van der Waals surface area contributed by atoms with Crippen molar-refractivity contribution in [2.45, 2.75) is 102 Å². The number of aromatic nitrogens is 3. The molecule has 2 aromatic rings. The molecule has 0 aliphatic carbocycles. The third-order valence-electron chi connectivity index (χ3n) is 8.86. The van der Waals surface area contributed by atoms with E-state index in [0.717, 1.165) is 0 Å². The standard InChI is InChI=1S/C29H43F3N6O5/c1-26(2,3)43-25(39)36-11-8-28(9-12-36)14-18(29(30,31)32)15-37(28)16-19-13-21(42-27(4,5)40-6)24(41-19)38-10-7-20-22(33)34-17-35-23(20)38/h7,10,17-19,21,24H,8-9,11-16H2,1-6H3,(H2,33,34,35)/t18?,19-,21+,24+/m0/s1. The third kappa shape index (κ3) is 6.71. The van der Waals surface area contributed by atoms with E-state index in [1.165, 1.54) is 6.33 Å². The van der Waals surface area contributed by atoms with Crippen LogP contribution in [0.3, 0.4) is 0 Å². The van der Waals surface area contributed by atoms with Gasteiger partial charge < -0.3 is 34.1 Å². The Morgan fingerprint density at radius 1 is 1.16 bits per heavy atom. The second kappa shape index (κ2) is 11.4. The Hall–Kier alpha value is -2.68. The average molecular weight is 613 g/mol. The van der Waals surface area contributed by atoms with Crippen LogP contribution in [-0.4, -0.2) is 99.0 Å². The molecule has 3 aliphatic heterocycles. The molecule has 0 bridgehead atoms. The number of nitrogens with two attached hydrogens (primary N) is 1. The fourth-order valence-corrected chi connectivity index (χ4v) is 6.59. The van der Waals surface area contributed by atoms with Gasteiger partial charge in [0.2, 0.25) is 0 Å². The molecule has 5 rings (SSSR count). The Morgan fingerprint density at radius 3 is 2.49 bits per heavy atom. The van der Waals surface area contributed by atoms with Gasteiger partial charge >= 0.3 is 12.3 Å². The SMILES string of the molecule is COC(C)(C)O[C@@H]1C[C@@H](CN2CC(C(F)(F)F)CC23CCN(C(=O)OC(C)(C)C)CC3)O[C@H]1n1ccc2c(N)ncnc21. The molecule has 1 unspecified atom stereocenters. The van der Waals surface area contributed by atoms with Crippen molar-refractivity contribution in [3.63, 3.8) is 0 Å². The summed E-state index contributed by atoms with van der Waals surface area (Å²) in [6, 6.07) is 1.81. The lowest BCUT2D eigenvalue weighted by molar-refractivity contribution is -0.237. The highest BCUT2D eigenvalue weighted by Crippen LogP contribution is 2.48. The molecule has 5 heterocycles. The summed E-state index contributed by atoms with van der Waals surface area (Å²) in [6.07, 6.45) is -1.82. The molecule has 0 aromatic carbocycles. The van der Waals surface area contributed by atoms with Crippen LogP contribution in [0.1, 0.15) is 66.5 Å². The molecule has 43 heavy (non-hydrogen) atoms. The van der Waals surface area contributed by atoms with Gasteiger partial charge in [0.1, 0.15) is 29.5 Å². The number of anilines is 1. The lowest BCUT2D eigenvalue weighted by Crippen LogP contribution is -2.55. The van der Waals surface area contributed by atoms with Crippen molar-refractivity contribution in [3.05, 3.63) is 18.6 Å². The van der Waals surface area contributed by atoms with Crippen molar-refractivity contribution in [1.82, 2.24) is 24.3 Å². The van der Waals surface area contributed by atoms with E-state index in [1.54, 1.807) is 46.6 Å². The molecule has 0 saturated carbocycles. The molecule has 4 atom stereocenters. The van der Waals surface area contributed by atoms with Crippen molar-refractivity contribution in [2.75, 3.05) is 39.0 Å². The Kier molecular flexibility index (Phi) is 8.38. The number of nitrogens with zero attached hydrogens (tertiary/aromatic N) is 5. The molecule has 14 heteroatoms. The summed E-state index contributed by atoms with van der Waals surface area (Å²) in [4.78, 5) is 24.7. The quantitative estimate of drug-likeness (QED) is 0.463. The molecule has 3 aliphatic rings. The summed E-state index contributed by atoms with van der Waals surface area (Å²) in [7, 11) is 1.55. The number of rotatable bonds is 6. The van der Waals surface area contributed by atoms with Gasteiger partial charge in [-0.1, -0.05) is 0 Å². The Balaban J connectivity index is 1.37. The summed E-state index contributed by atoms with van der Waals surface area (Å²) in [5.74, 6) is -2.05. The highest BCUT2D eigenvalue weighted by Gasteiger charge is 2.56. The molecular weight excluding hydrogens is 569 g/mol. The fraction of sp³-hybridized carbons (Fsp3) is 0.759. The Morgan fingerprint density at radius 2 is 1.86 bits per heavy atom. The Bertz CT molecular complexity index is 1300. The van der Waals surface area contributed by atoms with Crippen molar-refractivity contribution >= 4 is 22.9 Å². The first-order chi connectivity index (χ1) is 20.0. The van der Waals surface area contributed by atoms with Gasteiger partial charge in [0.25, 0.3) is 0 Å². The number of carbonyl (C=O) groups is 1. The van der Waals surface area contributed by atoms with E-state index in [4.69, 9.17) is 24.7 Å². The monoisotopic (exact) mass is 612 g/mol. The Labute approximate surface area is 249 Å². The van der Waals surface area contributed by atoms with Gasteiger partial charge in [0.15, 0.2) is 12.0 Å². The summed E-state index contributed by atoms with van der Waals surface area (Å²) in [5.41, 5.74) is 5.28. The summed E-state index contributed by atoms with van der Waals surface area (Å²) in [5, 5.41) is 0.669. The fourth-order valence-electron chi connectivity index (χ4n) is 6.59. The van der Waals surface area contributed by atoms with Gasteiger partial charge in [-0.2, -0.15) is 13.2 Å². The number of hydrogen-bond donors (Lipinski definition) is 1. The van der Waals surface area contributed by atoms with E-state index >= 15 is 0 Å². The lowest BCUT2D eigenvalue weighted by atomic mass is 9.82. The van der Waals surface area contributed by atoms with Crippen LogP contribution < -0.4 is 5.73 Å². The van der Waals surface area contributed by atoms with Crippen LogP contribution in [0.4, 0.5) is 23.8 Å². The molecule has 3 saturated heterocycles. The van der Waals surface area contributed by atoms with Gasteiger partial charge in [-0.05, 0) is 59.9 Å². The number of halogens is 3. The largest absolute Gasteiger partial charge is 0.444 e. The molecular formula is C29H43F3N6O5. The van der Waals surface area contributed by atoms with Crippen molar-refractivity contribution in [3.8, 4) is 0 Å². The normalized spacial score (nSPS) is 27.0. The van der Waals surface area contributed by atoms with Crippen LogP contribution in [0.15, 0.2) is 18.6 Å². The first-order valence-corrected chi connectivity index (χ1v) is 14.8. The topological polar surface area (TPSA) is 117 Å². The van der Waals surface area contributed by atoms with Crippen LogP contribution in [-0.2, 0) is 18.9 Å². The predicted octanol–water partition coefficient (Wildman–Crippen LogP) is 4.72. The van der Waals surface area contributed by atoms with Crippen LogP contribution in [0.2, 0.25) is 0 Å². The minimum absolute atomic E-state index is 0.0100.